The minimum Gasteiger partial charge on any atom is -0.354 e. The predicted molar refractivity (Wildman–Crippen MR) is 88.9 cm³/mol. The maximum absolute atomic E-state index is 3.58. The van der Waals surface area contributed by atoms with Crippen LogP contribution in [0.25, 0.3) is 0 Å². The van der Waals surface area contributed by atoms with Crippen LogP contribution in [0.5, 0.6) is 0 Å². The molecule has 2 heteroatoms. The van der Waals surface area contributed by atoms with Crippen molar-refractivity contribution in [1.82, 2.24) is 5.32 Å². The zero-order valence-electron chi connectivity index (χ0n) is 12.5. The first-order valence-corrected chi connectivity index (χ1v) is 7.87. The fraction of sp³-hybridized carbons (Fsp3) is 0.333. The Hall–Kier alpha value is -1.41. The van der Waals surface area contributed by atoms with Gasteiger partial charge in [0.15, 0.2) is 0 Å². The first kappa shape index (κ1) is 13.6. The van der Waals surface area contributed by atoms with E-state index >= 15 is 0 Å². The molecule has 0 unspecified atom stereocenters. The van der Waals surface area contributed by atoms with Crippen LogP contribution in [0.15, 0.2) is 69.8 Å². The molecule has 1 aliphatic heterocycles. The van der Waals surface area contributed by atoms with E-state index in [0.29, 0.717) is 0 Å². The van der Waals surface area contributed by atoms with E-state index in [1.165, 1.54) is 21.2 Å². The second kappa shape index (κ2) is 4.56. The van der Waals surface area contributed by atoms with E-state index in [1.807, 2.05) is 11.8 Å². The highest BCUT2D eigenvalue weighted by atomic mass is 32.2. The van der Waals surface area contributed by atoms with Gasteiger partial charge in [0.05, 0.1) is 11.4 Å². The molecule has 0 saturated heterocycles. The Morgan fingerprint density at radius 2 is 1.10 bits per heavy atom. The van der Waals surface area contributed by atoms with Crippen molar-refractivity contribution >= 4 is 11.8 Å². The summed E-state index contributed by atoms with van der Waals surface area (Å²) in [5.74, 6) is 0. The summed E-state index contributed by atoms with van der Waals surface area (Å²) in [6.45, 7) is 8.90. The molecule has 0 atom stereocenters. The smallest absolute Gasteiger partial charge is 0.0523 e. The molecule has 0 radical (unpaired) electrons. The molecule has 20 heavy (non-hydrogen) atoms. The minimum atomic E-state index is 0.116. The molecule has 3 rings (SSSR count). The first-order valence-electron chi connectivity index (χ1n) is 7.05. The molecule has 1 nitrogen and oxygen atoms in total. The molecule has 0 spiro atoms. The van der Waals surface area contributed by atoms with Crippen LogP contribution < -0.4 is 5.32 Å². The van der Waals surface area contributed by atoms with Gasteiger partial charge in [0.25, 0.3) is 0 Å². The van der Waals surface area contributed by atoms with Crippen LogP contribution in [0.4, 0.5) is 0 Å². The van der Waals surface area contributed by atoms with Gasteiger partial charge in [-0.15, -0.1) is 0 Å². The molecule has 1 N–H and O–H groups in total. The van der Waals surface area contributed by atoms with Gasteiger partial charge in [-0.1, -0.05) is 63.8 Å². The summed E-state index contributed by atoms with van der Waals surface area (Å²) in [7, 11) is 0. The zero-order chi connectivity index (χ0) is 14.4. The van der Waals surface area contributed by atoms with Crippen molar-refractivity contribution in [3.05, 3.63) is 69.8 Å². The Morgan fingerprint density at radius 3 is 1.55 bits per heavy atom. The van der Waals surface area contributed by atoms with Crippen molar-refractivity contribution in [1.29, 1.82) is 0 Å². The van der Waals surface area contributed by atoms with Gasteiger partial charge < -0.3 is 5.32 Å². The summed E-state index contributed by atoms with van der Waals surface area (Å²) in [6.07, 6.45) is 17.9. The third kappa shape index (κ3) is 2.71. The third-order valence-corrected chi connectivity index (χ3v) is 4.86. The molecule has 0 bridgehead atoms. The van der Waals surface area contributed by atoms with Gasteiger partial charge in [-0.25, -0.2) is 0 Å². The molecule has 2 aliphatic carbocycles. The average molecular weight is 283 g/mol. The van der Waals surface area contributed by atoms with Crippen molar-refractivity contribution in [3.8, 4) is 0 Å². The van der Waals surface area contributed by atoms with Crippen LogP contribution in [0.1, 0.15) is 27.7 Å². The number of hydrogen-bond donors (Lipinski definition) is 1. The van der Waals surface area contributed by atoms with Crippen molar-refractivity contribution in [2.24, 2.45) is 10.8 Å². The number of thioether (sulfide) groups is 1. The highest BCUT2D eigenvalue weighted by Crippen LogP contribution is 2.41. The van der Waals surface area contributed by atoms with Crippen LogP contribution in [0.2, 0.25) is 0 Å². The monoisotopic (exact) mass is 283 g/mol. The van der Waals surface area contributed by atoms with Crippen LogP contribution in [0.3, 0.4) is 0 Å². The van der Waals surface area contributed by atoms with Crippen molar-refractivity contribution < 1.29 is 0 Å². The Kier molecular flexibility index (Phi) is 3.09. The normalized spacial score (nSPS) is 25.8. The van der Waals surface area contributed by atoms with Gasteiger partial charge in [-0.05, 0) is 24.3 Å². The Balaban J connectivity index is 1.94. The van der Waals surface area contributed by atoms with Crippen molar-refractivity contribution in [3.63, 3.8) is 0 Å². The standard InChI is InChI=1S/C18H21NS/c1-17(2)9-5-13-15(7-11-17)20-16-8-12-18(3,4)10-6-14(16)19-13/h5-12,19H,1-4H3. The molecule has 0 fully saturated rings. The van der Waals surface area contributed by atoms with Gasteiger partial charge in [0.2, 0.25) is 0 Å². The van der Waals surface area contributed by atoms with Gasteiger partial charge >= 0.3 is 0 Å². The lowest BCUT2D eigenvalue weighted by atomic mass is 9.93. The lowest BCUT2D eigenvalue weighted by molar-refractivity contribution is 0.626. The predicted octanol–water partition coefficient (Wildman–Crippen LogP) is 5.05. The second-order valence-electron chi connectivity index (χ2n) is 6.76. The van der Waals surface area contributed by atoms with E-state index in [-0.39, 0.29) is 10.8 Å². The maximum Gasteiger partial charge on any atom is 0.0523 e. The molecule has 0 aromatic heterocycles. The molecule has 0 aromatic rings. The Labute approximate surface area is 125 Å². The van der Waals surface area contributed by atoms with Crippen LogP contribution >= 0.6 is 11.8 Å². The Bertz CT molecular complexity index is 518. The van der Waals surface area contributed by atoms with Gasteiger partial charge in [-0.3, -0.25) is 0 Å². The lowest BCUT2D eigenvalue weighted by Crippen LogP contribution is -2.16. The van der Waals surface area contributed by atoms with E-state index in [9.17, 15) is 0 Å². The van der Waals surface area contributed by atoms with E-state index in [4.69, 9.17) is 0 Å². The van der Waals surface area contributed by atoms with Gasteiger partial charge in [-0.2, -0.15) is 0 Å². The highest BCUT2D eigenvalue weighted by Gasteiger charge is 2.22. The molecule has 0 amide bonds. The summed E-state index contributed by atoms with van der Waals surface area (Å²) in [5, 5.41) is 3.58. The molecule has 3 aliphatic rings. The van der Waals surface area contributed by atoms with Crippen LogP contribution in [-0.2, 0) is 0 Å². The van der Waals surface area contributed by atoms with E-state index in [1.54, 1.807) is 0 Å². The van der Waals surface area contributed by atoms with Crippen LogP contribution in [-0.4, -0.2) is 0 Å². The number of nitrogens with one attached hydrogen (secondary N) is 1. The van der Waals surface area contributed by atoms with Crippen molar-refractivity contribution in [2.45, 2.75) is 27.7 Å². The largest absolute Gasteiger partial charge is 0.354 e. The Morgan fingerprint density at radius 1 is 0.700 bits per heavy atom. The van der Waals surface area contributed by atoms with E-state index in [0.717, 1.165) is 0 Å². The third-order valence-electron chi connectivity index (χ3n) is 3.71. The lowest BCUT2D eigenvalue weighted by Gasteiger charge is -2.20. The molecular weight excluding hydrogens is 262 g/mol. The maximum atomic E-state index is 3.58. The fourth-order valence-electron chi connectivity index (χ4n) is 2.28. The molecule has 0 saturated carbocycles. The quantitative estimate of drug-likeness (QED) is 0.667. The molecule has 104 valence electrons. The minimum absolute atomic E-state index is 0.116. The van der Waals surface area contributed by atoms with Gasteiger partial charge in [0.1, 0.15) is 0 Å². The zero-order valence-corrected chi connectivity index (χ0v) is 13.3. The first-order chi connectivity index (χ1) is 9.35. The molecule has 0 aromatic carbocycles. The highest BCUT2D eigenvalue weighted by molar-refractivity contribution is 8.07. The summed E-state index contributed by atoms with van der Waals surface area (Å²) in [4.78, 5) is 2.59. The SMILES string of the molecule is CC1(C)C=CC2=C(C=C1)SC1=C(C=CC(C)(C)C=C1)N2. The second-order valence-corrected chi connectivity index (χ2v) is 7.84. The molecular formula is C18H21NS. The summed E-state index contributed by atoms with van der Waals surface area (Å²) in [6, 6.07) is 0. The topological polar surface area (TPSA) is 12.0 Å². The number of allylic oxidation sites excluding steroid dienone is 8. The van der Waals surface area contributed by atoms with Gasteiger partial charge in [0, 0.05) is 20.6 Å². The fourth-order valence-corrected chi connectivity index (χ4v) is 3.25. The molecule has 1 heterocycles. The number of rotatable bonds is 0. The summed E-state index contributed by atoms with van der Waals surface area (Å²) >= 11 is 1.85. The number of hydrogen-bond acceptors (Lipinski definition) is 2. The van der Waals surface area contributed by atoms with E-state index in [2.05, 4.69) is 81.6 Å². The average Bonchev–Trinajstić information content (AvgIpc) is 2.62. The van der Waals surface area contributed by atoms with Crippen LogP contribution in [0, 0.1) is 10.8 Å². The summed E-state index contributed by atoms with van der Waals surface area (Å²) < 4.78 is 0. The van der Waals surface area contributed by atoms with E-state index < -0.39 is 0 Å². The van der Waals surface area contributed by atoms with Crippen molar-refractivity contribution in [2.75, 3.05) is 0 Å². The summed E-state index contributed by atoms with van der Waals surface area (Å²) in [5.41, 5.74) is 2.64.